The van der Waals surface area contributed by atoms with E-state index < -0.39 is 22.9 Å². The molecule has 4 heterocycles. The third-order valence-electron chi connectivity index (χ3n) is 8.06. The van der Waals surface area contributed by atoms with Crippen molar-refractivity contribution in [3.63, 3.8) is 0 Å². The molecule has 3 fully saturated rings. The summed E-state index contributed by atoms with van der Waals surface area (Å²) >= 11 is 1.58. The van der Waals surface area contributed by atoms with Gasteiger partial charge in [0.05, 0.1) is 29.7 Å². The second kappa shape index (κ2) is 10.3. The number of benzene rings is 1. The van der Waals surface area contributed by atoms with E-state index >= 15 is 0 Å². The van der Waals surface area contributed by atoms with Gasteiger partial charge in [-0.2, -0.15) is 0 Å². The van der Waals surface area contributed by atoms with Crippen molar-refractivity contribution >= 4 is 29.3 Å². The topological polar surface area (TPSA) is 145 Å². The molecule has 3 saturated heterocycles. The van der Waals surface area contributed by atoms with E-state index in [1.165, 1.54) is 29.2 Å². The Hall–Kier alpha value is -2.51. The van der Waals surface area contributed by atoms with Crippen molar-refractivity contribution in [2.75, 3.05) is 26.4 Å². The number of aliphatic hydroxyl groups excluding tert-OH is 2. The number of carbonyl (C=O) groups is 2. The van der Waals surface area contributed by atoms with Crippen molar-refractivity contribution in [1.29, 1.82) is 0 Å². The Kier molecular flexibility index (Phi) is 7.29. The van der Waals surface area contributed by atoms with Gasteiger partial charge in [0.15, 0.2) is 0 Å². The summed E-state index contributed by atoms with van der Waals surface area (Å²) in [5.74, 6) is -1.14. The van der Waals surface area contributed by atoms with E-state index in [2.05, 4.69) is 10.2 Å². The van der Waals surface area contributed by atoms with E-state index in [0.29, 0.717) is 18.0 Å². The molecule has 5 rings (SSSR count). The lowest BCUT2D eigenvalue weighted by atomic mass is 9.79. The predicted octanol–water partition coefficient (Wildman–Crippen LogP) is 1.05. The van der Waals surface area contributed by atoms with Crippen LogP contribution in [0.4, 0.5) is 5.69 Å². The van der Waals surface area contributed by atoms with Crippen LogP contribution in [-0.2, 0) is 20.9 Å². The lowest BCUT2D eigenvalue weighted by Crippen LogP contribution is -2.63. The quantitative estimate of drug-likeness (QED) is 0.183. The first-order valence-corrected chi connectivity index (χ1v) is 13.5. The van der Waals surface area contributed by atoms with Crippen LogP contribution < -0.4 is 5.32 Å². The summed E-state index contributed by atoms with van der Waals surface area (Å²) in [4.78, 5) is 41.1. The molecule has 200 valence electrons. The van der Waals surface area contributed by atoms with Crippen molar-refractivity contribution in [2.45, 2.75) is 50.3 Å². The van der Waals surface area contributed by atoms with Crippen molar-refractivity contribution < 1.29 is 29.5 Å². The molecule has 37 heavy (non-hydrogen) atoms. The highest BCUT2D eigenvalue weighted by molar-refractivity contribution is 8.03. The SMILES string of the molecule is CC(O)C1C(=O)N2C(C(=O)OCc3ccc([N+](=O)[O-])cc3)=C(SC3CC(C4CNC4)N(CO)C3)C(C)[C@H]12. The molecule has 0 aromatic heterocycles. The summed E-state index contributed by atoms with van der Waals surface area (Å²) in [6.07, 6.45) is 0.0435. The first-order valence-electron chi connectivity index (χ1n) is 12.6. The molecular weight excluding hydrogens is 500 g/mol. The molecule has 12 heteroatoms. The minimum absolute atomic E-state index is 0.0195. The highest BCUT2D eigenvalue weighted by atomic mass is 32.2. The van der Waals surface area contributed by atoms with E-state index in [9.17, 15) is 29.9 Å². The molecule has 6 atom stereocenters. The number of fused-ring (bicyclic) bond motifs is 1. The zero-order chi connectivity index (χ0) is 26.4. The van der Waals surface area contributed by atoms with Crippen LogP contribution in [0.25, 0.3) is 0 Å². The second-order valence-corrected chi connectivity index (χ2v) is 11.7. The Morgan fingerprint density at radius 2 is 2.03 bits per heavy atom. The molecule has 3 N–H and O–H groups in total. The lowest BCUT2D eigenvalue weighted by Gasteiger charge is -2.46. The number of amides is 1. The Labute approximate surface area is 219 Å². The molecule has 0 spiro atoms. The van der Waals surface area contributed by atoms with Gasteiger partial charge in [-0.25, -0.2) is 4.79 Å². The summed E-state index contributed by atoms with van der Waals surface area (Å²) in [7, 11) is 0. The number of non-ortho nitro benzene ring substituents is 1. The van der Waals surface area contributed by atoms with E-state index in [4.69, 9.17) is 4.74 Å². The van der Waals surface area contributed by atoms with Gasteiger partial charge < -0.3 is 25.2 Å². The van der Waals surface area contributed by atoms with Crippen molar-refractivity contribution in [2.24, 2.45) is 17.8 Å². The number of carbonyl (C=O) groups excluding carboxylic acids is 2. The van der Waals surface area contributed by atoms with Gasteiger partial charge in [-0.1, -0.05) is 6.92 Å². The highest BCUT2D eigenvalue weighted by Gasteiger charge is 2.60. The molecule has 0 bridgehead atoms. The van der Waals surface area contributed by atoms with Gasteiger partial charge in [-0.3, -0.25) is 19.8 Å². The number of nitrogens with zero attached hydrogens (tertiary/aromatic N) is 3. The molecule has 0 aliphatic carbocycles. The van der Waals surface area contributed by atoms with Gasteiger partial charge in [-0.15, -0.1) is 11.8 Å². The summed E-state index contributed by atoms with van der Waals surface area (Å²) < 4.78 is 5.59. The van der Waals surface area contributed by atoms with E-state index in [-0.39, 0.29) is 53.9 Å². The molecule has 11 nitrogen and oxygen atoms in total. The number of hydrogen-bond acceptors (Lipinski definition) is 10. The van der Waals surface area contributed by atoms with Gasteiger partial charge in [0.2, 0.25) is 5.91 Å². The zero-order valence-electron chi connectivity index (χ0n) is 20.8. The number of β-lactam (4-membered cyclic amide) rings is 1. The van der Waals surface area contributed by atoms with Crippen molar-refractivity contribution in [3.05, 3.63) is 50.5 Å². The number of nitro groups is 1. The number of rotatable bonds is 9. The Morgan fingerprint density at radius 1 is 1.32 bits per heavy atom. The van der Waals surface area contributed by atoms with Crippen LogP contribution in [0.3, 0.4) is 0 Å². The predicted molar refractivity (Wildman–Crippen MR) is 135 cm³/mol. The normalized spacial score (nSPS) is 30.6. The second-order valence-electron chi connectivity index (χ2n) is 10.3. The van der Waals surface area contributed by atoms with Crippen molar-refractivity contribution in [3.8, 4) is 0 Å². The molecule has 4 aliphatic heterocycles. The lowest BCUT2D eigenvalue weighted by molar-refractivity contribution is -0.384. The van der Waals surface area contributed by atoms with Crippen LogP contribution in [0.1, 0.15) is 25.8 Å². The van der Waals surface area contributed by atoms with E-state index in [1.54, 1.807) is 18.7 Å². The molecule has 1 aromatic rings. The number of likely N-dealkylation sites (tertiary alicyclic amines) is 1. The molecule has 5 unspecified atom stereocenters. The standard InChI is InChI=1S/C25H32N4O7S/c1-13-21-20(14(2)31)24(32)28(21)22(25(33)36-11-15-3-5-17(6-4-15)29(34)35)23(13)37-18-7-19(16-8-26-9-16)27(10-18)12-30/h3-6,13-14,16,18-21,26,30-31H,7-12H2,1-2H3/t13?,14?,18?,19?,20?,21-/m1/s1. The average Bonchev–Trinajstić information content (AvgIpc) is 3.33. The van der Waals surface area contributed by atoms with Crippen LogP contribution in [0.2, 0.25) is 0 Å². The third-order valence-corrected chi connectivity index (χ3v) is 9.56. The fourth-order valence-corrected chi connectivity index (χ4v) is 7.56. The molecule has 1 amide bonds. The maximum Gasteiger partial charge on any atom is 0.356 e. The van der Waals surface area contributed by atoms with Gasteiger partial charge >= 0.3 is 5.97 Å². The summed E-state index contributed by atoms with van der Waals surface area (Å²) in [5, 5.41) is 34.5. The van der Waals surface area contributed by atoms with Gasteiger partial charge in [0.25, 0.3) is 5.69 Å². The van der Waals surface area contributed by atoms with E-state index in [0.717, 1.165) is 24.4 Å². The maximum absolute atomic E-state index is 13.4. The molecule has 0 radical (unpaired) electrons. The van der Waals surface area contributed by atoms with Gasteiger partial charge in [0, 0.05) is 53.9 Å². The minimum Gasteiger partial charge on any atom is -0.456 e. The fraction of sp³-hybridized carbons (Fsp3) is 0.600. The van der Waals surface area contributed by atoms with Crippen molar-refractivity contribution in [1.82, 2.24) is 15.1 Å². The summed E-state index contributed by atoms with van der Waals surface area (Å²) in [5.41, 5.74) is 0.777. The van der Waals surface area contributed by atoms with E-state index in [1.807, 2.05) is 6.92 Å². The number of nitrogens with one attached hydrogen (secondary N) is 1. The van der Waals surface area contributed by atoms with Crippen LogP contribution in [-0.4, -0.2) is 86.6 Å². The number of thioether (sulfide) groups is 1. The van der Waals surface area contributed by atoms with Crippen LogP contribution in [0.5, 0.6) is 0 Å². The minimum atomic E-state index is -0.829. The number of esters is 1. The van der Waals surface area contributed by atoms with Crippen LogP contribution >= 0.6 is 11.8 Å². The van der Waals surface area contributed by atoms with Crippen LogP contribution in [0.15, 0.2) is 34.9 Å². The Balaban J connectivity index is 1.35. The zero-order valence-corrected chi connectivity index (χ0v) is 21.6. The first-order chi connectivity index (χ1) is 17.7. The highest BCUT2D eigenvalue weighted by Crippen LogP contribution is 2.52. The Bertz CT molecular complexity index is 1110. The monoisotopic (exact) mass is 532 g/mol. The number of nitro benzene ring substituents is 1. The van der Waals surface area contributed by atoms with Gasteiger partial charge in [-0.05, 0) is 37.0 Å². The number of aliphatic hydroxyl groups is 2. The van der Waals surface area contributed by atoms with Crippen LogP contribution in [0, 0.1) is 27.9 Å². The molecule has 4 aliphatic rings. The summed E-state index contributed by atoms with van der Waals surface area (Å²) in [6, 6.07) is 5.73. The molecule has 0 saturated carbocycles. The largest absolute Gasteiger partial charge is 0.456 e. The number of hydrogen-bond donors (Lipinski definition) is 3. The Morgan fingerprint density at radius 3 is 2.59 bits per heavy atom. The molecular formula is C25H32N4O7S. The maximum atomic E-state index is 13.4. The number of ether oxygens (including phenoxy) is 1. The molecule has 1 aromatic carbocycles. The first kappa shape index (κ1) is 26.1. The smallest absolute Gasteiger partial charge is 0.356 e. The average molecular weight is 533 g/mol. The fourth-order valence-electron chi connectivity index (χ4n) is 5.99. The summed E-state index contributed by atoms with van der Waals surface area (Å²) in [6.45, 7) is 6.01. The third kappa shape index (κ3) is 4.65. The van der Waals surface area contributed by atoms with Gasteiger partial charge in [0.1, 0.15) is 12.3 Å².